The van der Waals surface area contributed by atoms with Gasteiger partial charge >= 0.3 is 6.36 Å². The van der Waals surface area contributed by atoms with Gasteiger partial charge in [0.2, 0.25) is 0 Å². The van der Waals surface area contributed by atoms with E-state index in [0.717, 1.165) is 12.1 Å². The smallest absolute Gasteiger partial charge is 0.405 e. The monoisotopic (exact) mass is 286 g/mol. The Labute approximate surface area is 99.9 Å². The highest BCUT2D eigenvalue weighted by atomic mass is 35.7. The molecule has 0 saturated heterocycles. The van der Waals surface area contributed by atoms with E-state index in [-0.39, 0.29) is 5.56 Å². The van der Waals surface area contributed by atoms with Crippen LogP contribution in [-0.2, 0) is 9.05 Å². The number of ether oxygens (including phenoxy) is 1. The fraction of sp³-hybridized carbons (Fsp3) is 0.111. The van der Waals surface area contributed by atoms with Gasteiger partial charge in [-0.2, -0.15) is 0 Å². The topological polar surface area (TPSA) is 43.4 Å². The Hall–Kier alpha value is -1.21. The zero-order chi connectivity index (χ0) is 13.1. The van der Waals surface area contributed by atoms with Crippen molar-refractivity contribution in [2.24, 2.45) is 0 Å². The summed E-state index contributed by atoms with van der Waals surface area (Å²) in [5.41, 5.74) is -0.0472. The van der Waals surface area contributed by atoms with E-state index in [9.17, 15) is 21.6 Å². The highest BCUT2D eigenvalue weighted by Crippen LogP contribution is 2.27. The minimum Gasteiger partial charge on any atom is -0.405 e. The molecule has 0 heterocycles. The molecule has 17 heavy (non-hydrogen) atoms. The zero-order valence-electron chi connectivity index (χ0n) is 8.11. The largest absolute Gasteiger partial charge is 0.573 e. The lowest BCUT2D eigenvalue weighted by molar-refractivity contribution is -0.274. The number of rotatable bonds is 3. The molecule has 0 aliphatic carbocycles. The number of benzene rings is 1. The summed E-state index contributed by atoms with van der Waals surface area (Å²) in [4.78, 5) is 0. The van der Waals surface area contributed by atoms with Crippen LogP contribution in [0.4, 0.5) is 13.2 Å². The van der Waals surface area contributed by atoms with Crippen LogP contribution in [0.3, 0.4) is 0 Å². The second-order valence-electron chi connectivity index (χ2n) is 2.86. The van der Waals surface area contributed by atoms with E-state index >= 15 is 0 Å². The molecule has 1 aromatic carbocycles. The number of hydrogen-bond acceptors (Lipinski definition) is 3. The molecule has 0 bridgehead atoms. The summed E-state index contributed by atoms with van der Waals surface area (Å²) in [5, 5.41) is 0.577. The molecule has 0 aromatic heterocycles. The van der Waals surface area contributed by atoms with Crippen LogP contribution in [0.25, 0.3) is 6.08 Å². The number of halogens is 4. The predicted molar refractivity (Wildman–Crippen MR) is 56.9 cm³/mol. The SMILES string of the molecule is O=S(=O)(Cl)/C=C/c1ccccc1OC(F)(F)F. The first-order chi connectivity index (χ1) is 7.67. The van der Waals surface area contributed by atoms with Crippen molar-refractivity contribution < 1.29 is 26.3 Å². The molecule has 0 amide bonds. The zero-order valence-corrected chi connectivity index (χ0v) is 9.68. The van der Waals surface area contributed by atoms with Crippen molar-refractivity contribution in [3.8, 4) is 5.75 Å². The lowest BCUT2D eigenvalue weighted by Crippen LogP contribution is -2.17. The molecule has 0 spiro atoms. The fourth-order valence-corrected chi connectivity index (χ4v) is 1.45. The number of hydrogen-bond donors (Lipinski definition) is 0. The molecule has 94 valence electrons. The number of alkyl halides is 3. The Kier molecular flexibility index (Phi) is 4.05. The predicted octanol–water partition coefficient (Wildman–Crippen LogP) is 3.12. The Bertz CT molecular complexity index is 523. The van der Waals surface area contributed by atoms with E-state index in [1.54, 1.807) is 0 Å². The van der Waals surface area contributed by atoms with Gasteiger partial charge in [-0.05, 0) is 12.1 Å². The standard InChI is InChI=1S/C9H6ClF3O3S/c10-17(14,15)6-5-7-3-1-2-4-8(7)16-9(11,12)13/h1-6H/b6-5+. The van der Waals surface area contributed by atoms with Crippen molar-refractivity contribution in [2.75, 3.05) is 0 Å². The highest BCUT2D eigenvalue weighted by molar-refractivity contribution is 8.16. The van der Waals surface area contributed by atoms with Gasteiger partial charge in [-0.1, -0.05) is 18.2 Å². The average molecular weight is 287 g/mol. The summed E-state index contributed by atoms with van der Waals surface area (Å²) >= 11 is 0. The number of para-hydroxylation sites is 1. The summed E-state index contributed by atoms with van der Waals surface area (Å²) in [7, 11) is 0.963. The summed E-state index contributed by atoms with van der Waals surface area (Å²) in [6.07, 6.45) is -3.92. The molecular weight excluding hydrogens is 281 g/mol. The van der Waals surface area contributed by atoms with Crippen LogP contribution in [-0.4, -0.2) is 14.8 Å². The molecule has 0 aliphatic heterocycles. The van der Waals surface area contributed by atoms with E-state index in [4.69, 9.17) is 10.7 Å². The van der Waals surface area contributed by atoms with Crippen LogP contribution < -0.4 is 4.74 Å². The van der Waals surface area contributed by atoms with Crippen LogP contribution in [0, 0.1) is 0 Å². The van der Waals surface area contributed by atoms with Gasteiger partial charge in [-0.15, -0.1) is 13.2 Å². The third kappa shape index (κ3) is 5.60. The first kappa shape index (κ1) is 13.9. The molecule has 0 aliphatic rings. The molecule has 1 aromatic rings. The van der Waals surface area contributed by atoms with Crippen LogP contribution >= 0.6 is 10.7 Å². The first-order valence-corrected chi connectivity index (χ1v) is 6.52. The highest BCUT2D eigenvalue weighted by Gasteiger charge is 2.31. The third-order valence-electron chi connectivity index (χ3n) is 1.55. The quantitative estimate of drug-likeness (QED) is 0.802. The summed E-state index contributed by atoms with van der Waals surface area (Å²) in [6, 6.07) is 5.09. The van der Waals surface area contributed by atoms with Gasteiger partial charge in [-0.25, -0.2) is 8.42 Å². The average Bonchev–Trinajstić information content (AvgIpc) is 2.12. The molecule has 8 heteroatoms. The second-order valence-corrected chi connectivity index (χ2v) is 5.38. The maximum absolute atomic E-state index is 12.0. The van der Waals surface area contributed by atoms with E-state index in [0.29, 0.717) is 5.41 Å². The van der Waals surface area contributed by atoms with Crippen molar-refractivity contribution in [3.05, 3.63) is 35.2 Å². The van der Waals surface area contributed by atoms with E-state index in [2.05, 4.69) is 4.74 Å². The summed E-state index contributed by atoms with van der Waals surface area (Å²) < 4.78 is 61.0. The Morgan fingerprint density at radius 1 is 1.24 bits per heavy atom. The molecule has 0 fully saturated rings. The van der Waals surface area contributed by atoms with Gasteiger partial charge in [0.15, 0.2) is 0 Å². The molecule has 3 nitrogen and oxygen atoms in total. The Morgan fingerprint density at radius 2 is 1.82 bits per heavy atom. The molecule has 0 unspecified atom stereocenters. The Morgan fingerprint density at radius 3 is 2.35 bits per heavy atom. The third-order valence-corrected chi connectivity index (χ3v) is 2.32. The molecule has 0 N–H and O–H groups in total. The molecular formula is C9H6ClF3O3S. The van der Waals surface area contributed by atoms with Gasteiger partial charge in [0.25, 0.3) is 9.05 Å². The van der Waals surface area contributed by atoms with Gasteiger partial charge < -0.3 is 4.74 Å². The van der Waals surface area contributed by atoms with Crippen LogP contribution in [0.1, 0.15) is 5.56 Å². The molecule has 0 radical (unpaired) electrons. The summed E-state index contributed by atoms with van der Waals surface area (Å²) in [6.45, 7) is 0. The minimum atomic E-state index is -4.84. The van der Waals surface area contributed by atoms with Crippen LogP contribution in [0.2, 0.25) is 0 Å². The fourth-order valence-electron chi connectivity index (χ4n) is 0.990. The normalized spacial score (nSPS) is 12.9. The van der Waals surface area contributed by atoms with Crippen LogP contribution in [0.5, 0.6) is 5.75 Å². The van der Waals surface area contributed by atoms with Gasteiger partial charge in [0.1, 0.15) is 5.75 Å². The van der Waals surface area contributed by atoms with Crippen molar-refractivity contribution in [1.29, 1.82) is 0 Å². The van der Waals surface area contributed by atoms with Gasteiger partial charge in [-0.3, -0.25) is 0 Å². The molecule has 0 saturated carbocycles. The molecule has 1 rings (SSSR count). The van der Waals surface area contributed by atoms with Crippen molar-refractivity contribution in [3.63, 3.8) is 0 Å². The molecule has 0 atom stereocenters. The van der Waals surface area contributed by atoms with Crippen LogP contribution in [0.15, 0.2) is 29.7 Å². The van der Waals surface area contributed by atoms with Crippen molar-refractivity contribution in [2.45, 2.75) is 6.36 Å². The van der Waals surface area contributed by atoms with Crippen molar-refractivity contribution in [1.82, 2.24) is 0 Å². The Balaban J connectivity index is 3.05. The maximum Gasteiger partial charge on any atom is 0.573 e. The van der Waals surface area contributed by atoms with Gasteiger partial charge in [0, 0.05) is 21.7 Å². The summed E-state index contributed by atoms with van der Waals surface area (Å²) in [5.74, 6) is -0.503. The maximum atomic E-state index is 12.0. The minimum absolute atomic E-state index is 0.0472. The lowest BCUT2D eigenvalue weighted by atomic mass is 10.2. The van der Waals surface area contributed by atoms with Crippen molar-refractivity contribution >= 4 is 25.8 Å². The van der Waals surface area contributed by atoms with E-state index < -0.39 is 21.2 Å². The van der Waals surface area contributed by atoms with Gasteiger partial charge in [0.05, 0.1) is 0 Å². The van der Waals surface area contributed by atoms with E-state index in [1.165, 1.54) is 18.2 Å². The lowest BCUT2D eigenvalue weighted by Gasteiger charge is -2.10. The van der Waals surface area contributed by atoms with E-state index in [1.807, 2.05) is 0 Å². The second kappa shape index (κ2) is 4.97. The first-order valence-electron chi connectivity index (χ1n) is 4.15.